The highest BCUT2D eigenvalue weighted by Gasteiger charge is 2.43. The highest BCUT2D eigenvalue weighted by atomic mass is 35.5. The number of aliphatic hydroxyl groups excluding tert-OH is 1. The van der Waals surface area contributed by atoms with E-state index >= 15 is 0 Å². The van der Waals surface area contributed by atoms with E-state index < -0.39 is 0 Å². The van der Waals surface area contributed by atoms with Crippen LogP contribution < -0.4 is 11.1 Å². The zero-order chi connectivity index (χ0) is 20.1. The molecule has 8 heteroatoms. The molecular weight excluding hydrogens is 394 g/mol. The second-order valence-corrected chi connectivity index (χ2v) is 9.29. The number of aryl methyl sites for hydroxylation is 1. The van der Waals surface area contributed by atoms with Gasteiger partial charge in [0.15, 0.2) is 0 Å². The lowest BCUT2D eigenvalue weighted by molar-refractivity contribution is 0.187. The third-order valence-electron chi connectivity index (χ3n) is 6.02. The van der Waals surface area contributed by atoms with Gasteiger partial charge in [0, 0.05) is 12.1 Å². The van der Waals surface area contributed by atoms with Gasteiger partial charge in [0.1, 0.15) is 16.0 Å². The number of nitrogens with one attached hydrogen (secondary N) is 1. The molecule has 2 aromatic heterocycles. The molecule has 3 atom stereocenters. The fourth-order valence-electron chi connectivity index (χ4n) is 4.05. The monoisotopic (exact) mass is 417 g/mol. The van der Waals surface area contributed by atoms with Crippen molar-refractivity contribution in [3.05, 3.63) is 28.9 Å². The molecule has 1 saturated carbocycles. The summed E-state index contributed by atoms with van der Waals surface area (Å²) in [6.07, 6.45) is 1.89. The molecule has 0 amide bonds. The minimum atomic E-state index is -0.223. The molecule has 4 N–H and O–H groups in total. The van der Waals surface area contributed by atoms with Crippen molar-refractivity contribution in [2.75, 3.05) is 17.7 Å². The second-order valence-electron chi connectivity index (χ2n) is 7.90. The highest BCUT2D eigenvalue weighted by molar-refractivity contribution is 7.21. The molecule has 0 bridgehead atoms. The average molecular weight is 418 g/mol. The van der Waals surface area contributed by atoms with Crippen LogP contribution in [0.15, 0.2) is 18.2 Å². The quantitative estimate of drug-likeness (QED) is 0.540. The number of thiazole rings is 1. The van der Waals surface area contributed by atoms with Gasteiger partial charge in [0.25, 0.3) is 0 Å². The Balaban J connectivity index is 1.80. The molecule has 2 heterocycles. The number of aliphatic hydroxyl groups is 1. The zero-order valence-electron chi connectivity index (χ0n) is 16.2. The number of nitrogens with two attached hydrogens (primary N) is 1. The second kappa shape index (κ2) is 7.13. The summed E-state index contributed by atoms with van der Waals surface area (Å²) in [5.74, 6) is 1.27. The van der Waals surface area contributed by atoms with Crippen LogP contribution in [-0.4, -0.2) is 32.2 Å². The molecule has 0 spiro atoms. The predicted octanol–water partition coefficient (Wildman–Crippen LogP) is 4.51. The predicted molar refractivity (Wildman–Crippen MR) is 116 cm³/mol. The first-order valence-corrected chi connectivity index (χ1v) is 10.6. The first kappa shape index (κ1) is 19.4. The van der Waals surface area contributed by atoms with Crippen molar-refractivity contribution >= 4 is 44.9 Å². The number of fused-ring (bicyclic) bond motifs is 1. The summed E-state index contributed by atoms with van der Waals surface area (Å²) in [7, 11) is 0. The van der Waals surface area contributed by atoms with Gasteiger partial charge >= 0.3 is 0 Å². The molecule has 0 aliphatic heterocycles. The molecule has 1 fully saturated rings. The molecular formula is C20H24ClN5OS. The molecule has 28 heavy (non-hydrogen) atoms. The molecule has 1 aliphatic rings. The van der Waals surface area contributed by atoms with Gasteiger partial charge in [-0.15, -0.1) is 11.3 Å². The molecule has 4 rings (SSSR count). The van der Waals surface area contributed by atoms with Crippen molar-refractivity contribution < 1.29 is 5.11 Å². The van der Waals surface area contributed by atoms with Gasteiger partial charge in [-0.05, 0) is 56.2 Å². The van der Waals surface area contributed by atoms with Crippen molar-refractivity contribution in [2.45, 2.75) is 39.2 Å². The van der Waals surface area contributed by atoms with E-state index in [0.29, 0.717) is 16.5 Å². The maximum absolute atomic E-state index is 9.66. The van der Waals surface area contributed by atoms with Gasteiger partial charge in [0.2, 0.25) is 5.95 Å². The van der Waals surface area contributed by atoms with Crippen molar-refractivity contribution in [3.63, 3.8) is 0 Å². The van der Waals surface area contributed by atoms with Crippen LogP contribution in [0.3, 0.4) is 0 Å². The van der Waals surface area contributed by atoms with E-state index in [-0.39, 0.29) is 29.9 Å². The van der Waals surface area contributed by atoms with E-state index in [1.54, 1.807) is 11.3 Å². The number of nitrogen functional groups attached to an aromatic ring is 1. The largest absolute Gasteiger partial charge is 0.396 e. The number of anilines is 2. The highest BCUT2D eigenvalue weighted by Crippen LogP contribution is 2.45. The Morgan fingerprint density at radius 3 is 2.86 bits per heavy atom. The summed E-state index contributed by atoms with van der Waals surface area (Å²) in [5, 5.41) is 14.3. The number of halogens is 1. The van der Waals surface area contributed by atoms with Gasteiger partial charge in [-0.25, -0.2) is 9.97 Å². The third kappa shape index (κ3) is 3.32. The number of hydrogen-bond acceptors (Lipinski definition) is 7. The first-order valence-electron chi connectivity index (χ1n) is 9.40. The molecule has 3 aromatic rings. The lowest BCUT2D eigenvalue weighted by atomic mass is 9.86. The lowest BCUT2D eigenvalue weighted by Crippen LogP contribution is -2.40. The molecule has 6 nitrogen and oxygen atoms in total. The number of hydrogen-bond donors (Lipinski definition) is 3. The van der Waals surface area contributed by atoms with Crippen LogP contribution in [0.2, 0.25) is 5.15 Å². The lowest BCUT2D eigenvalue weighted by Gasteiger charge is -2.33. The maximum Gasteiger partial charge on any atom is 0.223 e. The van der Waals surface area contributed by atoms with Crippen molar-refractivity contribution in [3.8, 4) is 10.6 Å². The minimum absolute atomic E-state index is 0.126. The Morgan fingerprint density at radius 2 is 2.14 bits per heavy atom. The number of aromatic nitrogens is 3. The standard InChI is InChI=1S/C20H24ClN5OS/c1-10-4-5-14-13(8-10)23-18(28-14)15-16(21)24-19(22)25-17(15)26-20(3)7-6-12(9-27)11(20)2/h4-5,8,11-12,27H,6-7,9H2,1-3H3,(H3,22,24,25,26). The van der Waals surface area contributed by atoms with Crippen LogP contribution in [0.4, 0.5) is 11.8 Å². The number of rotatable bonds is 4. The Bertz CT molecular complexity index is 1040. The van der Waals surface area contributed by atoms with Crippen LogP contribution in [0, 0.1) is 18.8 Å². The van der Waals surface area contributed by atoms with Crippen LogP contribution >= 0.6 is 22.9 Å². The molecule has 3 unspecified atom stereocenters. The normalized spacial score (nSPS) is 24.8. The summed E-state index contributed by atoms with van der Waals surface area (Å²) in [4.78, 5) is 13.4. The molecule has 1 aromatic carbocycles. The Kier molecular flexibility index (Phi) is 4.93. The topological polar surface area (TPSA) is 97.0 Å². The maximum atomic E-state index is 9.66. The minimum Gasteiger partial charge on any atom is -0.396 e. The molecule has 0 saturated heterocycles. The summed E-state index contributed by atoms with van der Waals surface area (Å²) in [5.41, 5.74) is 8.44. The first-order chi connectivity index (χ1) is 13.3. The van der Waals surface area contributed by atoms with Gasteiger partial charge < -0.3 is 16.2 Å². The Morgan fingerprint density at radius 1 is 1.36 bits per heavy atom. The van der Waals surface area contributed by atoms with Gasteiger partial charge in [0.05, 0.1) is 15.8 Å². The number of nitrogens with zero attached hydrogens (tertiary/aromatic N) is 3. The van der Waals surface area contributed by atoms with Gasteiger partial charge in [-0.2, -0.15) is 4.98 Å². The van der Waals surface area contributed by atoms with Crippen molar-refractivity contribution in [2.24, 2.45) is 11.8 Å². The van der Waals surface area contributed by atoms with Crippen molar-refractivity contribution in [1.29, 1.82) is 0 Å². The molecule has 148 valence electrons. The summed E-state index contributed by atoms with van der Waals surface area (Å²) in [6.45, 7) is 6.55. The van der Waals surface area contributed by atoms with E-state index in [9.17, 15) is 5.11 Å². The van der Waals surface area contributed by atoms with Crippen molar-refractivity contribution in [1.82, 2.24) is 15.0 Å². The number of benzene rings is 1. The summed E-state index contributed by atoms with van der Waals surface area (Å²) >= 11 is 8.07. The summed E-state index contributed by atoms with van der Waals surface area (Å²) in [6, 6.07) is 6.19. The average Bonchev–Trinajstić information content (AvgIpc) is 3.15. The fourth-order valence-corrected chi connectivity index (χ4v) is 5.37. The zero-order valence-corrected chi connectivity index (χ0v) is 17.7. The van der Waals surface area contributed by atoms with Gasteiger partial charge in [-0.1, -0.05) is 24.6 Å². The summed E-state index contributed by atoms with van der Waals surface area (Å²) < 4.78 is 1.08. The van der Waals surface area contributed by atoms with E-state index in [4.69, 9.17) is 22.3 Å². The molecule has 0 radical (unpaired) electrons. The van der Waals surface area contributed by atoms with Crippen LogP contribution in [0.1, 0.15) is 32.3 Å². The van der Waals surface area contributed by atoms with E-state index in [2.05, 4.69) is 47.3 Å². The van der Waals surface area contributed by atoms with E-state index in [0.717, 1.165) is 33.6 Å². The Labute approximate surface area is 173 Å². The fraction of sp³-hybridized carbons (Fsp3) is 0.450. The van der Waals surface area contributed by atoms with Crippen LogP contribution in [-0.2, 0) is 0 Å². The van der Waals surface area contributed by atoms with Gasteiger partial charge in [-0.3, -0.25) is 0 Å². The van der Waals surface area contributed by atoms with Crippen LogP contribution in [0.25, 0.3) is 20.8 Å². The van der Waals surface area contributed by atoms with Crippen LogP contribution in [0.5, 0.6) is 0 Å². The van der Waals surface area contributed by atoms with E-state index in [1.807, 2.05) is 6.92 Å². The third-order valence-corrected chi connectivity index (χ3v) is 7.35. The molecule has 1 aliphatic carbocycles. The van der Waals surface area contributed by atoms with E-state index in [1.165, 1.54) is 0 Å². The SMILES string of the molecule is Cc1ccc2sc(-c3c(Cl)nc(N)nc3NC3(C)CCC(CO)C3C)nc2c1. The Hall–Kier alpha value is -1.96. The smallest absolute Gasteiger partial charge is 0.223 e.